The molecule has 0 rings (SSSR count). The number of amides is 1. The Balaban J connectivity index is 4.79. The second-order valence-corrected chi connectivity index (χ2v) is 8.80. The van der Waals surface area contributed by atoms with Gasteiger partial charge in [-0.3, -0.25) is 8.98 Å². The van der Waals surface area contributed by atoms with Crippen molar-refractivity contribution < 1.29 is 46.7 Å². The van der Waals surface area contributed by atoms with Gasteiger partial charge in [0.2, 0.25) is 5.91 Å². The van der Waals surface area contributed by atoms with E-state index in [2.05, 4.69) is 10.1 Å². The van der Waals surface area contributed by atoms with E-state index in [1.807, 2.05) is 0 Å². The summed E-state index contributed by atoms with van der Waals surface area (Å²) in [5.74, 6) is -2.21. The number of ether oxygens (including phenoxy) is 2. The molecule has 0 aliphatic rings. The van der Waals surface area contributed by atoms with Crippen molar-refractivity contribution in [2.24, 2.45) is 5.41 Å². The third-order valence-corrected chi connectivity index (χ3v) is 5.45. The number of aliphatic carboxylic acids is 1. The highest BCUT2D eigenvalue weighted by atomic mass is 32.2. The first-order valence-corrected chi connectivity index (χ1v) is 10.7. The van der Waals surface area contributed by atoms with Crippen LogP contribution in [-0.4, -0.2) is 74.4 Å². The highest BCUT2D eigenvalue weighted by Crippen LogP contribution is 2.36. The van der Waals surface area contributed by atoms with Gasteiger partial charge in [0.25, 0.3) is 10.1 Å². The SMILES string of the molecule is CCOC(=O)OCCC[C@](O)(C(=O)O)C(C)(C)COS(=O)(=O)CCCNC(C)=O. The summed E-state index contributed by atoms with van der Waals surface area (Å²) in [7, 11) is -3.98. The Hall–Kier alpha value is -1.92. The van der Waals surface area contributed by atoms with Crippen LogP contribution in [-0.2, 0) is 33.4 Å². The molecule has 11 nitrogen and oxygen atoms in total. The van der Waals surface area contributed by atoms with E-state index in [-0.39, 0.29) is 50.7 Å². The number of hydrogen-bond acceptors (Lipinski definition) is 9. The van der Waals surface area contributed by atoms with E-state index in [0.29, 0.717) is 0 Å². The van der Waals surface area contributed by atoms with Crippen molar-refractivity contribution in [3.63, 3.8) is 0 Å². The van der Waals surface area contributed by atoms with Crippen LogP contribution in [0.2, 0.25) is 0 Å². The van der Waals surface area contributed by atoms with Gasteiger partial charge in [-0.25, -0.2) is 9.59 Å². The van der Waals surface area contributed by atoms with Gasteiger partial charge in [0.15, 0.2) is 5.60 Å². The van der Waals surface area contributed by atoms with Gasteiger partial charge in [-0.2, -0.15) is 8.42 Å². The highest BCUT2D eigenvalue weighted by Gasteiger charge is 2.50. The number of carbonyl (C=O) groups is 3. The van der Waals surface area contributed by atoms with Crippen LogP contribution in [0.25, 0.3) is 0 Å². The van der Waals surface area contributed by atoms with Gasteiger partial charge in [0.1, 0.15) is 0 Å². The molecule has 0 saturated heterocycles. The van der Waals surface area contributed by atoms with E-state index in [9.17, 15) is 33.0 Å². The van der Waals surface area contributed by atoms with Crippen molar-refractivity contribution in [2.45, 2.75) is 52.6 Å². The number of carbonyl (C=O) groups excluding carboxylic acids is 2. The molecule has 0 bridgehead atoms. The van der Waals surface area contributed by atoms with Gasteiger partial charge in [-0.1, -0.05) is 13.8 Å². The van der Waals surface area contributed by atoms with Crippen LogP contribution in [0.15, 0.2) is 0 Å². The Bertz CT molecular complexity index is 661. The molecule has 0 heterocycles. The third-order valence-electron chi connectivity index (χ3n) is 4.18. The monoisotopic (exact) mass is 441 g/mol. The van der Waals surface area contributed by atoms with E-state index >= 15 is 0 Å². The third kappa shape index (κ3) is 9.90. The summed E-state index contributed by atoms with van der Waals surface area (Å²) in [6.07, 6.45) is -1.08. The molecular formula is C17H31NO10S. The number of aliphatic hydroxyl groups is 1. The Morgan fingerprint density at radius 2 is 1.72 bits per heavy atom. The van der Waals surface area contributed by atoms with Crippen LogP contribution < -0.4 is 5.32 Å². The van der Waals surface area contributed by atoms with Gasteiger partial charge in [0.05, 0.1) is 25.6 Å². The summed E-state index contributed by atoms with van der Waals surface area (Å²) in [6.45, 7) is 5.16. The molecule has 3 N–H and O–H groups in total. The Kier molecular flexibility index (Phi) is 11.1. The minimum atomic E-state index is -3.98. The first-order valence-electron chi connectivity index (χ1n) is 9.14. The van der Waals surface area contributed by atoms with Crippen molar-refractivity contribution in [1.82, 2.24) is 5.32 Å². The lowest BCUT2D eigenvalue weighted by atomic mass is 9.73. The van der Waals surface area contributed by atoms with Crippen molar-refractivity contribution in [2.75, 3.05) is 32.1 Å². The molecule has 170 valence electrons. The van der Waals surface area contributed by atoms with Gasteiger partial charge in [0, 0.05) is 18.9 Å². The van der Waals surface area contributed by atoms with Gasteiger partial charge >= 0.3 is 12.1 Å². The Morgan fingerprint density at radius 1 is 1.10 bits per heavy atom. The molecule has 0 aromatic carbocycles. The quantitative estimate of drug-likeness (QED) is 0.198. The number of hydrogen-bond donors (Lipinski definition) is 3. The van der Waals surface area contributed by atoms with E-state index in [0.717, 1.165) is 0 Å². The molecule has 0 spiro atoms. The molecule has 0 aromatic rings. The van der Waals surface area contributed by atoms with Gasteiger partial charge in [-0.05, 0) is 26.2 Å². The molecule has 0 unspecified atom stereocenters. The molecule has 29 heavy (non-hydrogen) atoms. The summed E-state index contributed by atoms with van der Waals surface area (Å²) in [5, 5.41) is 22.6. The maximum Gasteiger partial charge on any atom is 0.508 e. The second kappa shape index (κ2) is 11.9. The minimum absolute atomic E-state index is 0.00844. The number of nitrogens with one attached hydrogen (secondary N) is 1. The van der Waals surface area contributed by atoms with Gasteiger partial charge < -0.3 is 25.0 Å². The zero-order valence-electron chi connectivity index (χ0n) is 17.2. The van der Waals surface area contributed by atoms with Crippen LogP contribution in [0.5, 0.6) is 0 Å². The number of rotatable bonds is 14. The smallest absolute Gasteiger partial charge is 0.479 e. The van der Waals surface area contributed by atoms with Crippen LogP contribution in [0.4, 0.5) is 4.79 Å². The van der Waals surface area contributed by atoms with Crippen molar-refractivity contribution in [3.8, 4) is 0 Å². The molecular weight excluding hydrogens is 410 g/mol. The zero-order valence-corrected chi connectivity index (χ0v) is 18.0. The average Bonchev–Trinajstić information content (AvgIpc) is 2.60. The van der Waals surface area contributed by atoms with E-state index in [4.69, 9.17) is 8.92 Å². The first kappa shape index (κ1) is 27.1. The summed E-state index contributed by atoms with van der Waals surface area (Å²) in [4.78, 5) is 33.6. The van der Waals surface area contributed by atoms with Crippen LogP contribution >= 0.6 is 0 Å². The minimum Gasteiger partial charge on any atom is -0.479 e. The molecule has 0 aromatic heterocycles. The van der Waals surface area contributed by atoms with Crippen molar-refractivity contribution >= 4 is 28.1 Å². The summed E-state index contributed by atoms with van der Waals surface area (Å²) < 4.78 is 38.2. The van der Waals surface area contributed by atoms with Crippen LogP contribution in [0, 0.1) is 5.41 Å². The topological polar surface area (TPSA) is 166 Å². The lowest BCUT2D eigenvalue weighted by Crippen LogP contribution is -2.54. The lowest BCUT2D eigenvalue weighted by Gasteiger charge is -2.38. The predicted molar refractivity (Wildman–Crippen MR) is 102 cm³/mol. The summed E-state index contributed by atoms with van der Waals surface area (Å²) in [5.41, 5.74) is -3.80. The fourth-order valence-corrected chi connectivity index (χ4v) is 3.40. The highest BCUT2D eigenvalue weighted by molar-refractivity contribution is 7.86. The fourth-order valence-electron chi connectivity index (χ4n) is 2.31. The molecule has 0 fully saturated rings. The molecule has 1 atom stereocenters. The van der Waals surface area contributed by atoms with E-state index < -0.39 is 39.9 Å². The maximum absolute atomic E-state index is 12.0. The first-order chi connectivity index (χ1) is 13.3. The molecule has 0 saturated carbocycles. The summed E-state index contributed by atoms with van der Waals surface area (Å²) in [6, 6.07) is 0. The maximum atomic E-state index is 12.0. The zero-order chi connectivity index (χ0) is 22.7. The molecule has 1 amide bonds. The van der Waals surface area contributed by atoms with Crippen LogP contribution in [0.3, 0.4) is 0 Å². The summed E-state index contributed by atoms with van der Waals surface area (Å²) >= 11 is 0. The predicted octanol–water partition coefficient (Wildman–Crippen LogP) is 0.654. The Labute approximate surface area is 170 Å². The standard InChI is InChI=1S/C17H31NO10S/c1-5-26-15(22)27-10-6-8-17(23,14(20)21)16(3,4)12-28-29(24,25)11-7-9-18-13(2)19/h23H,5-12H2,1-4H3,(H,18,19)(H,20,21)/t17-/m0/s1. The van der Waals surface area contributed by atoms with Crippen molar-refractivity contribution in [1.29, 1.82) is 0 Å². The molecule has 12 heteroatoms. The normalized spacial score (nSPS) is 14.0. The Morgan fingerprint density at radius 3 is 2.24 bits per heavy atom. The van der Waals surface area contributed by atoms with Gasteiger partial charge in [-0.15, -0.1) is 0 Å². The number of carboxylic acid groups (broad SMARTS) is 1. The number of carboxylic acids is 1. The van der Waals surface area contributed by atoms with E-state index in [1.54, 1.807) is 6.92 Å². The molecule has 0 aliphatic heterocycles. The molecule has 0 radical (unpaired) electrons. The fraction of sp³-hybridized carbons (Fsp3) is 0.824. The van der Waals surface area contributed by atoms with Crippen LogP contribution in [0.1, 0.15) is 47.0 Å². The molecule has 0 aliphatic carbocycles. The average molecular weight is 441 g/mol. The second-order valence-electron chi connectivity index (χ2n) is 7.04. The lowest BCUT2D eigenvalue weighted by molar-refractivity contribution is -0.177. The van der Waals surface area contributed by atoms with E-state index in [1.165, 1.54) is 20.8 Å². The largest absolute Gasteiger partial charge is 0.508 e. The van der Waals surface area contributed by atoms with Crippen molar-refractivity contribution in [3.05, 3.63) is 0 Å².